The molecule has 0 fully saturated rings. The maximum atomic E-state index is 8.56. The van der Waals surface area contributed by atoms with Gasteiger partial charge in [-0.15, -0.1) is 0 Å². The molecular weight excluding hydrogens is 176 g/mol. The van der Waals surface area contributed by atoms with Crippen LogP contribution in [0, 0.1) is 17.2 Å². The molecule has 0 radical (unpaired) electrons. The molecule has 0 saturated carbocycles. The van der Waals surface area contributed by atoms with Gasteiger partial charge in [-0.3, -0.25) is 0 Å². The van der Waals surface area contributed by atoms with Gasteiger partial charge in [0, 0.05) is 39.0 Å². The number of nitrogens with zero attached hydrogens (tertiary/aromatic N) is 3. The summed E-state index contributed by atoms with van der Waals surface area (Å²) >= 11 is 0. The number of hydrogen-bond acceptors (Lipinski definition) is 3. The van der Waals surface area contributed by atoms with E-state index >= 15 is 0 Å². The van der Waals surface area contributed by atoms with Gasteiger partial charge in [0.2, 0.25) is 0 Å². The summed E-state index contributed by atoms with van der Waals surface area (Å²) in [5.74, 6) is 1.15. The van der Waals surface area contributed by atoms with Crippen LogP contribution >= 0.6 is 0 Å². The smallest absolute Gasteiger partial charge is 0.109 e. The minimum Gasteiger partial charge on any atom is -0.338 e. The van der Waals surface area contributed by atoms with E-state index in [1.165, 1.54) is 0 Å². The van der Waals surface area contributed by atoms with Crippen LogP contribution < -0.4 is 5.32 Å². The molecule has 4 nitrogen and oxygen atoms in total. The molecule has 1 aromatic heterocycles. The quantitative estimate of drug-likeness (QED) is 0.699. The first-order valence-corrected chi connectivity index (χ1v) is 4.80. The molecule has 0 spiro atoms. The van der Waals surface area contributed by atoms with Crippen molar-refractivity contribution in [2.75, 3.05) is 13.1 Å². The van der Waals surface area contributed by atoms with E-state index in [0.717, 1.165) is 25.3 Å². The topological polar surface area (TPSA) is 53.6 Å². The van der Waals surface area contributed by atoms with Gasteiger partial charge in [-0.2, -0.15) is 5.26 Å². The van der Waals surface area contributed by atoms with Crippen LogP contribution in [0.2, 0.25) is 0 Å². The molecule has 1 aromatic rings. The van der Waals surface area contributed by atoms with Crippen LogP contribution in [-0.4, -0.2) is 22.6 Å². The van der Waals surface area contributed by atoms with Crippen LogP contribution in [0.4, 0.5) is 0 Å². The van der Waals surface area contributed by atoms with Gasteiger partial charge in [0.1, 0.15) is 5.82 Å². The normalized spacial score (nSPS) is 12.4. The standard InChI is InChI=1S/C10H16N4/c1-9(7-11)8-12-4-3-10-13-5-6-14(10)2/h5-6,9,12H,3-4,8H2,1-2H3. The molecule has 1 unspecified atom stereocenters. The largest absolute Gasteiger partial charge is 0.338 e. The molecular formula is C10H16N4. The highest BCUT2D eigenvalue weighted by molar-refractivity contribution is 4.91. The van der Waals surface area contributed by atoms with Crippen LogP contribution in [-0.2, 0) is 13.5 Å². The number of aromatic nitrogens is 2. The lowest BCUT2D eigenvalue weighted by Gasteiger charge is -2.05. The van der Waals surface area contributed by atoms with Gasteiger partial charge in [-0.25, -0.2) is 4.98 Å². The minimum atomic E-state index is 0.0800. The van der Waals surface area contributed by atoms with Crippen molar-refractivity contribution in [3.63, 3.8) is 0 Å². The van der Waals surface area contributed by atoms with Crippen molar-refractivity contribution in [1.29, 1.82) is 5.26 Å². The van der Waals surface area contributed by atoms with E-state index in [1.54, 1.807) is 6.20 Å². The Morgan fingerprint density at radius 2 is 2.50 bits per heavy atom. The van der Waals surface area contributed by atoms with Crippen LogP contribution in [0.15, 0.2) is 12.4 Å². The zero-order valence-corrected chi connectivity index (χ0v) is 8.70. The Bertz CT molecular complexity index is 310. The Hall–Kier alpha value is -1.34. The highest BCUT2D eigenvalue weighted by atomic mass is 15.0. The number of hydrogen-bond donors (Lipinski definition) is 1. The second-order valence-corrected chi connectivity index (χ2v) is 3.44. The fourth-order valence-electron chi connectivity index (χ4n) is 1.20. The van der Waals surface area contributed by atoms with Crippen molar-refractivity contribution in [2.24, 2.45) is 13.0 Å². The van der Waals surface area contributed by atoms with E-state index in [4.69, 9.17) is 5.26 Å². The van der Waals surface area contributed by atoms with Crippen LogP contribution in [0.5, 0.6) is 0 Å². The fourth-order valence-corrected chi connectivity index (χ4v) is 1.20. The number of imidazole rings is 1. The van der Waals surface area contributed by atoms with E-state index in [9.17, 15) is 0 Å². The second kappa shape index (κ2) is 5.40. The first-order valence-electron chi connectivity index (χ1n) is 4.80. The Morgan fingerprint density at radius 1 is 1.71 bits per heavy atom. The highest BCUT2D eigenvalue weighted by Crippen LogP contribution is 1.94. The summed E-state index contributed by atoms with van der Waals surface area (Å²) in [6.45, 7) is 3.53. The van der Waals surface area contributed by atoms with Gasteiger partial charge < -0.3 is 9.88 Å². The van der Waals surface area contributed by atoms with Crippen molar-refractivity contribution in [3.05, 3.63) is 18.2 Å². The van der Waals surface area contributed by atoms with E-state index in [1.807, 2.05) is 24.7 Å². The van der Waals surface area contributed by atoms with Crippen molar-refractivity contribution in [3.8, 4) is 6.07 Å². The molecule has 0 amide bonds. The third-order valence-electron chi connectivity index (χ3n) is 2.12. The minimum absolute atomic E-state index is 0.0800. The molecule has 0 aliphatic heterocycles. The van der Waals surface area contributed by atoms with Crippen LogP contribution in [0.1, 0.15) is 12.7 Å². The maximum Gasteiger partial charge on any atom is 0.109 e. The van der Waals surface area contributed by atoms with E-state index in [0.29, 0.717) is 0 Å². The first kappa shape index (κ1) is 10.7. The maximum absolute atomic E-state index is 8.56. The van der Waals surface area contributed by atoms with Crippen molar-refractivity contribution >= 4 is 0 Å². The summed E-state index contributed by atoms with van der Waals surface area (Å²) in [5, 5.41) is 11.8. The van der Waals surface area contributed by atoms with E-state index < -0.39 is 0 Å². The van der Waals surface area contributed by atoms with Crippen LogP contribution in [0.25, 0.3) is 0 Å². The third kappa shape index (κ3) is 3.19. The molecule has 1 rings (SSSR count). The third-order valence-corrected chi connectivity index (χ3v) is 2.12. The molecule has 14 heavy (non-hydrogen) atoms. The Labute approximate surface area is 84.6 Å². The average molecular weight is 192 g/mol. The second-order valence-electron chi connectivity index (χ2n) is 3.44. The SMILES string of the molecule is CC(C#N)CNCCc1nccn1C. The number of rotatable bonds is 5. The molecule has 76 valence electrons. The number of nitriles is 1. The summed E-state index contributed by atoms with van der Waals surface area (Å²) in [5.41, 5.74) is 0. The lowest BCUT2D eigenvalue weighted by Crippen LogP contribution is -2.23. The fraction of sp³-hybridized carbons (Fsp3) is 0.600. The average Bonchev–Trinajstić information content (AvgIpc) is 2.58. The molecule has 0 aliphatic rings. The Morgan fingerprint density at radius 3 is 3.07 bits per heavy atom. The van der Waals surface area contributed by atoms with Gasteiger partial charge >= 0.3 is 0 Å². The molecule has 1 atom stereocenters. The molecule has 0 aliphatic carbocycles. The van der Waals surface area contributed by atoms with Crippen molar-refractivity contribution in [1.82, 2.24) is 14.9 Å². The summed E-state index contributed by atoms with van der Waals surface area (Å²) in [6, 6.07) is 2.19. The predicted octanol–water partition coefficient (Wildman–Crippen LogP) is 0.712. The first-order chi connectivity index (χ1) is 6.74. The summed E-state index contributed by atoms with van der Waals surface area (Å²) in [6.07, 6.45) is 4.64. The van der Waals surface area contributed by atoms with Gasteiger partial charge in [-0.05, 0) is 6.92 Å². The predicted molar refractivity (Wildman–Crippen MR) is 54.6 cm³/mol. The Kier molecular flexibility index (Phi) is 4.14. The van der Waals surface area contributed by atoms with Gasteiger partial charge in [-0.1, -0.05) is 0 Å². The van der Waals surface area contributed by atoms with E-state index in [-0.39, 0.29) is 5.92 Å². The summed E-state index contributed by atoms with van der Waals surface area (Å²) in [7, 11) is 1.99. The summed E-state index contributed by atoms with van der Waals surface area (Å²) in [4.78, 5) is 4.21. The monoisotopic (exact) mass is 192 g/mol. The van der Waals surface area contributed by atoms with Crippen molar-refractivity contribution < 1.29 is 0 Å². The lowest BCUT2D eigenvalue weighted by molar-refractivity contribution is 0.590. The lowest BCUT2D eigenvalue weighted by atomic mass is 10.2. The van der Waals surface area contributed by atoms with Gasteiger partial charge in [0.25, 0.3) is 0 Å². The number of nitrogens with one attached hydrogen (secondary N) is 1. The molecule has 0 bridgehead atoms. The highest BCUT2D eigenvalue weighted by Gasteiger charge is 2.00. The van der Waals surface area contributed by atoms with Gasteiger partial charge in [0.05, 0.1) is 12.0 Å². The molecule has 0 aromatic carbocycles. The molecule has 4 heteroatoms. The van der Waals surface area contributed by atoms with Crippen LogP contribution in [0.3, 0.4) is 0 Å². The van der Waals surface area contributed by atoms with E-state index in [2.05, 4.69) is 16.4 Å². The van der Waals surface area contributed by atoms with Gasteiger partial charge in [0.15, 0.2) is 0 Å². The number of aryl methyl sites for hydroxylation is 1. The molecule has 1 heterocycles. The molecule has 0 saturated heterocycles. The zero-order chi connectivity index (χ0) is 10.4. The van der Waals surface area contributed by atoms with Crippen molar-refractivity contribution in [2.45, 2.75) is 13.3 Å². The summed E-state index contributed by atoms with van der Waals surface area (Å²) < 4.78 is 2.01. The Balaban J connectivity index is 2.17. The zero-order valence-electron chi connectivity index (χ0n) is 8.70. The molecule has 1 N–H and O–H groups in total.